The van der Waals surface area contributed by atoms with E-state index in [1.54, 1.807) is 6.08 Å². The van der Waals surface area contributed by atoms with Gasteiger partial charge >= 0.3 is 13.3 Å². The highest BCUT2D eigenvalue weighted by molar-refractivity contribution is 7.51. The van der Waals surface area contributed by atoms with Crippen LogP contribution < -0.4 is 11.4 Å². The molecule has 0 saturated carbocycles. The first-order valence-electron chi connectivity index (χ1n) is 6.12. The summed E-state index contributed by atoms with van der Waals surface area (Å²) >= 11 is 0. The molecule has 1 aromatic heterocycles. The van der Waals surface area contributed by atoms with Gasteiger partial charge in [0.1, 0.15) is 18.0 Å². The molecule has 0 aromatic carbocycles. The maximum Gasteiger partial charge on any atom is 0.350 e. The molecular formula is C11H19FN3O6P. The predicted molar refractivity (Wildman–Crippen MR) is 77.4 cm³/mol. The maximum absolute atomic E-state index is 12.3. The third kappa shape index (κ3) is 10.2. The van der Waals surface area contributed by atoms with Gasteiger partial charge in [-0.15, -0.1) is 0 Å². The molecule has 11 heteroatoms. The number of anilines is 1. The number of rotatable bonds is 2. The summed E-state index contributed by atoms with van der Waals surface area (Å²) in [6.45, 7) is -0.0394. The first-order valence-corrected chi connectivity index (χ1v) is 7.92. The number of nitrogens with zero attached hydrogens (tertiary/aromatic N) is 1. The van der Waals surface area contributed by atoms with Crippen molar-refractivity contribution in [2.24, 2.45) is 5.92 Å². The number of hydrogen-bond donors (Lipinski definition) is 6. The van der Waals surface area contributed by atoms with Gasteiger partial charge in [-0.25, -0.2) is 14.2 Å². The first kappa shape index (κ1) is 20.4. The number of hydrogen-bond acceptors (Lipinski definition) is 6. The number of aromatic amines is 1. The summed E-state index contributed by atoms with van der Waals surface area (Å²) in [5.41, 5.74) is 4.75. The Hall–Kier alpha value is -1.58. The Morgan fingerprint density at radius 3 is 2.27 bits per heavy atom. The van der Waals surface area contributed by atoms with Crippen molar-refractivity contribution in [2.45, 2.75) is 12.8 Å². The topological polar surface area (TPSA) is 170 Å². The predicted octanol–water partition coefficient (Wildman–Crippen LogP) is -0.292. The highest BCUT2D eigenvalue weighted by Gasteiger charge is 2.17. The molecular weight excluding hydrogens is 320 g/mol. The molecule has 1 aromatic rings. The number of H-pyrrole nitrogens is 1. The zero-order valence-corrected chi connectivity index (χ0v) is 12.5. The van der Waals surface area contributed by atoms with Crippen LogP contribution in [-0.2, 0) is 4.57 Å². The summed E-state index contributed by atoms with van der Waals surface area (Å²) < 4.78 is 21.7. The van der Waals surface area contributed by atoms with Gasteiger partial charge < -0.3 is 25.7 Å². The molecule has 7 N–H and O–H groups in total. The van der Waals surface area contributed by atoms with E-state index >= 15 is 0 Å². The molecule has 1 atom stereocenters. The molecule has 0 fully saturated rings. The Morgan fingerprint density at radius 1 is 1.45 bits per heavy atom. The lowest BCUT2D eigenvalue weighted by Crippen LogP contribution is -2.10. The quantitative estimate of drug-likeness (QED) is 0.399. The molecule has 0 radical (unpaired) electrons. The van der Waals surface area contributed by atoms with Gasteiger partial charge in [0.25, 0.3) is 0 Å². The van der Waals surface area contributed by atoms with Crippen molar-refractivity contribution in [3.63, 3.8) is 0 Å². The number of aliphatic hydroxyl groups excluding tert-OH is 2. The molecule has 126 valence electrons. The molecule has 9 nitrogen and oxygen atoms in total. The molecule has 0 saturated heterocycles. The Labute approximate surface area is 125 Å². The van der Waals surface area contributed by atoms with Gasteiger partial charge in [-0.05, 0) is 18.9 Å². The number of aliphatic hydroxyl groups is 2. The smallest absolute Gasteiger partial charge is 0.350 e. The lowest BCUT2D eigenvalue weighted by atomic mass is 10.1. The van der Waals surface area contributed by atoms with Crippen molar-refractivity contribution < 1.29 is 29.0 Å². The van der Waals surface area contributed by atoms with Gasteiger partial charge in [-0.3, -0.25) is 9.55 Å². The monoisotopic (exact) mass is 339 g/mol. The molecule has 0 spiro atoms. The molecule has 1 heterocycles. The minimum atomic E-state index is -4.09. The van der Waals surface area contributed by atoms with Gasteiger partial charge in [0, 0.05) is 12.1 Å². The van der Waals surface area contributed by atoms with Gasteiger partial charge in [0.2, 0.25) is 0 Å². The van der Waals surface area contributed by atoms with Crippen LogP contribution in [0.5, 0.6) is 0 Å². The number of nitrogen functional groups attached to an aromatic ring is 1. The molecule has 0 bridgehead atoms. The molecule has 2 rings (SSSR count). The summed E-state index contributed by atoms with van der Waals surface area (Å²) in [4.78, 5) is 31.2. The van der Waals surface area contributed by atoms with Crippen LogP contribution in [0.1, 0.15) is 12.8 Å². The fraction of sp³-hybridized carbons (Fsp3) is 0.455. The van der Waals surface area contributed by atoms with Gasteiger partial charge in [-0.1, -0.05) is 6.08 Å². The Kier molecular flexibility index (Phi) is 9.46. The SMILES string of the molecule is Nc1ccnc(=O)[nH]1.O=P(O)(O)CO.OCC1CCC=C1F. The summed E-state index contributed by atoms with van der Waals surface area (Å²) in [5, 5.41) is 16.1. The zero-order valence-electron chi connectivity index (χ0n) is 11.6. The number of halogens is 1. The van der Waals surface area contributed by atoms with Crippen LogP contribution >= 0.6 is 7.60 Å². The summed E-state index contributed by atoms with van der Waals surface area (Å²) in [6.07, 6.45) is 3.40. The standard InChI is InChI=1S/C6H9FO.C4H5N3O.CH5O4P/c7-6-3-1-2-5(6)4-8;5-3-1-2-6-4(8)7-3;2-1-6(3,4)5/h3,5,8H,1-2,4H2;1-2H,(H3,5,6,7,8);2H,1H2,(H2,3,4,5). The average molecular weight is 339 g/mol. The van der Waals surface area contributed by atoms with Crippen LogP contribution in [0.2, 0.25) is 0 Å². The molecule has 0 amide bonds. The van der Waals surface area contributed by atoms with E-state index in [1.807, 2.05) is 0 Å². The van der Waals surface area contributed by atoms with E-state index in [2.05, 4.69) is 9.97 Å². The van der Waals surface area contributed by atoms with E-state index in [9.17, 15) is 13.8 Å². The Balaban J connectivity index is 0.000000306. The van der Waals surface area contributed by atoms with Crippen molar-refractivity contribution in [1.82, 2.24) is 9.97 Å². The van der Waals surface area contributed by atoms with E-state index < -0.39 is 19.6 Å². The average Bonchev–Trinajstić information content (AvgIpc) is 2.84. The van der Waals surface area contributed by atoms with Gasteiger partial charge in [-0.2, -0.15) is 0 Å². The molecule has 1 aliphatic carbocycles. The summed E-state index contributed by atoms with van der Waals surface area (Å²) in [5.74, 6) is 0.0208. The van der Waals surface area contributed by atoms with Crippen molar-refractivity contribution in [2.75, 3.05) is 18.7 Å². The Bertz CT molecular complexity index is 573. The second kappa shape index (κ2) is 10.2. The number of nitrogens with two attached hydrogens (primary N) is 1. The summed E-state index contributed by atoms with van der Waals surface area (Å²) in [6, 6.07) is 1.52. The number of nitrogens with one attached hydrogen (secondary N) is 1. The molecule has 0 aliphatic heterocycles. The second-order valence-corrected chi connectivity index (χ2v) is 5.79. The third-order valence-corrected chi connectivity index (χ3v) is 2.71. The van der Waals surface area contributed by atoms with Crippen molar-refractivity contribution in [3.8, 4) is 0 Å². The van der Waals surface area contributed by atoms with Crippen molar-refractivity contribution in [1.29, 1.82) is 0 Å². The van der Waals surface area contributed by atoms with E-state index in [0.717, 1.165) is 12.8 Å². The van der Waals surface area contributed by atoms with Gasteiger partial charge in [0.15, 0.2) is 0 Å². The zero-order chi connectivity index (χ0) is 17.2. The van der Waals surface area contributed by atoms with Crippen LogP contribution in [0.15, 0.2) is 29.0 Å². The number of aromatic nitrogens is 2. The first-order chi connectivity index (χ1) is 10.2. The fourth-order valence-corrected chi connectivity index (χ4v) is 1.29. The minimum Gasteiger partial charge on any atom is -0.396 e. The van der Waals surface area contributed by atoms with E-state index in [0.29, 0.717) is 5.82 Å². The van der Waals surface area contributed by atoms with E-state index in [-0.39, 0.29) is 18.4 Å². The van der Waals surface area contributed by atoms with Crippen LogP contribution in [0.25, 0.3) is 0 Å². The normalized spacial score (nSPS) is 16.8. The minimum absolute atomic E-state index is 0.0394. The fourth-order valence-electron chi connectivity index (χ4n) is 1.29. The maximum atomic E-state index is 12.3. The van der Waals surface area contributed by atoms with Crippen LogP contribution in [0.4, 0.5) is 10.2 Å². The van der Waals surface area contributed by atoms with Crippen LogP contribution in [0, 0.1) is 5.92 Å². The van der Waals surface area contributed by atoms with E-state index in [4.69, 9.17) is 25.7 Å². The van der Waals surface area contributed by atoms with Crippen molar-refractivity contribution >= 4 is 13.4 Å². The van der Waals surface area contributed by atoms with Crippen molar-refractivity contribution in [3.05, 3.63) is 34.7 Å². The van der Waals surface area contributed by atoms with Crippen LogP contribution in [0.3, 0.4) is 0 Å². The second-order valence-electron chi connectivity index (χ2n) is 4.18. The molecule has 1 aliphatic rings. The number of allylic oxidation sites excluding steroid dienone is 1. The van der Waals surface area contributed by atoms with E-state index in [1.165, 1.54) is 12.3 Å². The summed E-state index contributed by atoms with van der Waals surface area (Å²) in [7, 11) is -4.09. The third-order valence-electron chi connectivity index (χ3n) is 2.35. The molecule has 1 unspecified atom stereocenters. The Morgan fingerprint density at radius 2 is 2.05 bits per heavy atom. The van der Waals surface area contributed by atoms with Gasteiger partial charge in [0.05, 0.1) is 6.61 Å². The van der Waals surface area contributed by atoms with Crippen LogP contribution in [-0.4, -0.2) is 42.9 Å². The lowest BCUT2D eigenvalue weighted by molar-refractivity contribution is 0.230. The highest BCUT2D eigenvalue weighted by Crippen LogP contribution is 2.31. The lowest BCUT2D eigenvalue weighted by Gasteiger charge is -2.00. The largest absolute Gasteiger partial charge is 0.396 e. The molecule has 22 heavy (non-hydrogen) atoms. The highest BCUT2D eigenvalue weighted by atomic mass is 31.2.